The number of rotatable bonds is 6. The second-order valence-corrected chi connectivity index (χ2v) is 5.14. The lowest BCUT2D eigenvalue weighted by Crippen LogP contribution is -2.36. The molecule has 7 heteroatoms. The Morgan fingerprint density at radius 3 is 2.54 bits per heavy atom. The van der Waals surface area contributed by atoms with Crippen LogP contribution in [0.4, 0.5) is 9.18 Å². The number of halogens is 1. The predicted molar refractivity (Wildman–Crippen MR) is 83.7 cm³/mol. The van der Waals surface area contributed by atoms with E-state index in [4.69, 9.17) is 4.74 Å². The zero-order valence-corrected chi connectivity index (χ0v) is 12.7. The predicted octanol–water partition coefficient (Wildman–Crippen LogP) is 1.85. The maximum absolute atomic E-state index is 13.7. The number of aliphatic hydroxyl groups excluding tert-OH is 2. The van der Waals surface area contributed by atoms with E-state index < -0.39 is 29.9 Å². The van der Waals surface area contributed by atoms with Gasteiger partial charge in [0.05, 0.1) is 0 Å². The van der Waals surface area contributed by atoms with Gasteiger partial charge in [-0.15, -0.1) is 0 Å². The normalized spacial score (nSPS) is 13.1. The maximum atomic E-state index is 13.7. The van der Waals surface area contributed by atoms with Crippen LogP contribution in [0.1, 0.15) is 17.2 Å². The van der Waals surface area contributed by atoms with Crippen molar-refractivity contribution in [2.45, 2.75) is 18.8 Å². The Balaban J connectivity index is 1.82. The Bertz CT molecular complexity index is 680. The fourth-order valence-corrected chi connectivity index (χ4v) is 2.05. The van der Waals surface area contributed by atoms with Gasteiger partial charge in [0.2, 0.25) is 0 Å². The van der Waals surface area contributed by atoms with Crippen LogP contribution < -0.4 is 5.32 Å². The van der Waals surface area contributed by atoms with E-state index in [0.717, 1.165) is 11.6 Å². The largest absolute Gasteiger partial charge is 0.505 e. The van der Waals surface area contributed by atoms with E-state index in [1.165, 1.54) is 12.1 Å². The molecule has 0 radical (unpaired) electrons. The van der Waals surface area contributed by atoms with Crippen molar-refractivity contribution in [3.8, 4) is 5.75 Å². The van der Waals surface area contributed by atoms with Gasteiger partial charge in [-0.25, -0.2) is 9.18 Å². The van der Waals surface area contributed by atoms with Gasteiger partial charge >= 0.3 is 6.09 Å². The fraction of sp³-hybridized carbons (Fsp3) is 0.235. The van der Waals surface area contributed by atoms with Gasteiger partial charge in [0.25, 0.3) is 0 Å². The van der Waals surface area contributed by atoms with Crippen LogP contribution in [0.25, 0.3) is 0 Å². The third kappa shape index (κ3) is 4.68. The number of phenolic OH excluding ortho intramolecular Hbond substituents is 1. The Hall–Kier alpha value is -2.64. The summed E-state index contributed by atoms with van der Waals surface area (Å²) in [6.45, 7) is -0.281. The maximum Gasteiger partial charge on any atom is 0.407 e. The SMILES string of the molecule is O=C(NCC(O)C(O)c1cccc(O)c1F)OCc1ccccc1. The van der Waals surface area contributed by atoms with Gasteiger partial charge in [-0.3, -0.25) is 0 Å². The fourth-order valence-electron chi connectivity index (χ4n) is 2.05. The quantitative estimate of drug-likeness (QED) is 0.646. The van der Waals surface area contributed by atoms with E-state index in [2.05, 4.69) is 5.32 Å². The van der Waals surface area contributed by atoms with E-state index in [-0.39, 0.29) is 18.7 Å². The van der Waals surface area contributed by atoms with Gasteiger partial charge in [0.1, 0.15) is 18.8 Å². The number of aromatic hydroxyl groups is 1. The average molecular weight is 335 g/mol. The molecule has 0 heterocycles. The molecule has 0 bridgehead atoms. The minimum atomic E-state index is -1.61. The first-order valence-corrected chi connectivity index (χ1v) is 7.27. The third-order valence-corrected chi connectivity index (χ3v) is 3.36. The molecule has 0 fully saturated rings. The molecule has 2 aromatic carbocycles. The van der Waals surface area contributed by atoms with Crippen LogP contribution in [0.15, 0.2) is 48.5 Å². The van der Waals surface area contributed by atoms with Crippen molar-refractivity contribution in [3.63, 3.8) is 0 Å². The number of hydrogen-bond donors (Lipinski definition) is 4. The number of aliphatic hydroxyl groups is 2. The number of hydrogen-bond acceptors (Lipinski definition) is 5. The number of carbonyl (C=O) groups excluding carboxylic acids is 1. The Morgan fingerprint density at radius 1 is 1.12 bits per heavy atom. The molecular formula is C17H18FNO5. The highest BCUT2D eigenvalue weighted by atomic mass is 19.1. The number of nitrogens with one attached hydrogen (secondary N) is 1. The van der Waals surface area contributed by atoms with Gasteiger partial charge in [-0.1, -0.05) is 42.5 Å². The van der Waals surface area contributed by atoms with E-state index in [1.807, 2.05) is 6.07 Å². The van der Waals surface area contributed by atoms with Crippen molar-refractivity contribution in [3.05, 3.63) is 65.5 Å². The summed E-state index contributed by atoms with van der Waals surface area (Å²) in [5, 5.41) is 31.3. The molecule has 2 aromatic rings. The van der Waals surface area contributed by atoms with Crippen LogP contribution in [0.3, 0.4) is 0 Å². The second kappa shape index (κ2) is 8.28. The van der Waals surface area contributed by atoms with Crippen LogP contribution in [-0.4, -0.2) is 34.1 Å². The van der Waals surface area contributed by atoms with Crippen LogP contribution in [0.5, 0.6) is 5.75 Å². The van der Waals surface area contributed by atoms with Gasteiger partial charge in [0, 0.05) is 12.1 Å². The molecule has 0 aliphatic heterocycles. The van der Waals surface area contributed by atoms with E-state index in [0.29, 0.717) is 0 Å². The number of ether oxygens (including phenoxy) is 1. The molecule has 0 saturated carbocycles. The summed E-state index contributed by atoms with van der Waals surface area (Å²) >= 11 is 0. The lowest BCUT2D eigenvalue weighted by Gasteiger charge is -2.19. The molecule has 0 saturated heterocycles. The number of amides is 1. The molecule has 6 nitrogen and oxygen atoms in total. The first-order chi connectivity index (χ1) is 11.5. The van der Waals surface area contributed by atoms with Crippen LogP contribution in [0, 0.1) is 5.82 Å². The molecule has 1 amide bonds. The molecular weight excluding hydrogens is 317 g/mol. The summed E-state index contributed by atoms with van der Waals surface area (Å²) in [6.07, 6.45) is -3.85. The molecule has 0 aromatic heterocycles. The third-order valence-electron chi connectivity index (χ3n) is 3.36. The summed E-state index contributed by atoms with van der Waals surface area (Å²) < 4.78 is 18.6. The summed E-state index contributed by atoms with van der Waals surface area (Å²) in [4.78, 5) is 11.6. The first-order valence-electron chi connectivity index (χ1n) is 7.27. The van der Waals surface area contributed by atoms with Gasteiger partial charge in [-0.2, -0.15) is 0 Å². The highest BCUT2D eigenvalue weighted by Gasteiger charge is 2.23. The molecule has 0 spiro atoms. The topological polar surface area (TPSA) is 99.0 Å². The van der Waals surface area contributed by atoms with Crippen LogP contribution in [0.2, 0.25) is 0 Å². The molecule has 0 aliphatic rings. The summed E-state index contributed by atoms with van der Waals surface area (Å²) in [5.74, 6) is -1.65. The molecule has 2 atom stereocenters. The summed E-state index contributed by atoms with van der Waals surface area (Å²) in [5.41, 5.74) is 0.539. The molecule has 128 valence electrons. The standard InChI is InChI=1S/C17H18FNO5/c18-15-12(7-4-8-13(15)20)16(22)14(21)9-19-17(23)24-10-11-5-2-1-3-6-11/h1-8,14,16,20-22H,9-10H2,(H,19,23). The van der Waals surface area contributed by atoms with Crippen molar-refractivity contribution >= 4 is 6.09 Å². The van der Waals surface area contributed by atoms with Crippen molar-refractivity contribution in [1.82, 2.24) is 5.32 Å². The zero-order chi connectivity index (χ0) is 17.5. The number of alkyl carbamates (subject to hydrolysis) is 1. The Labute approximate surface area is 138 Å². The van der Waals surface area contributed by atoms with E-state index in [1.54, 1.807) is 24.3 Å². The molecule has 2 unspecified atom stereocenters. The lowest BCUT2D eigenvalue weighted by molar-refractivity contribution is 0.0162. The average Bonchev–Trinajstić information content (AvgIpc) is 2.60. The van der Waals surface area contributed by atoms with Crippen molar-refractivity contribution in [2.24, 2.45) is 0 Å². The number of benzene rings is 2. The van der Waals surface area contributed by atoms with Gasteiger partial charge in [0.15, 0.2) is 11.6 Å². The van der Waals surface area contributed by atoms with Crippen molar-refractivity contribution in [1.29, 1.82) is 0 Å². The molecule has 24 heavy (non-hydrogen) atoms. The van der Waals surface area contributed by atoms with Crippen molar-refractivity contribution in [2.75, 3.05) is 6.54 Å². The van der Waals surface area contributed by atoms with Gasteiger partial charge in [-0.05, 0) is 11.6 Å². The van der Waals surface area contributed by atoms with Crippen LogP contribution >= 0.6 is 0 Å². The molecule has 2 rings (SSSR count). The minimum Gasteiger partial charge on any atom is -0.505 e. The van der Waals surface area contributed by atoms with E-state index in [9.17, 15) is 24.5 Å². The first kappa shape index (κ1) is 17.7. The van der Waals surface area contributed by atoms with E-state index >= 15 is 0 Å². The highest BCUT2D eigenvalue weighted by molar-refractivity contribution is 5.67. The smallest absolute Gasteiger partial charge is 0.407 e. The Morgan fingerprint density at radius 2 is 1.83 bits per heavy atom. The molecule has 0 aliphatic carbocycles. The summed E-state index contributed by atoms with van der Waals surface area (Å²) in [7, 11) is 0. The zero-order valence-electron chi connectivity index (χ0n) is 12.7. The molecule has 4 N–H and O–H groups in total. The number of carbonyl (C=O) groups is 1. The lowest BCUT2D eigenvalue weighted by atomic mass is 10.0. The van der Waals surface area contributed by atoms with Crippen LogP contribution in [-0.2, 0) is 11.3 Å². The monoisotopic (exact) mass is 335 g/mol. The van der Waals surface area contributed by atoms with Crippen molar-refractivity contribution < 1.29 is 29.2 Å². The highest BCUT2D eigenvalue weighted by Crippen LogP contribution is 2.25. The minimum absolute atomic E-state index is 0.0620. The Kier molecular flexibility index (Phi) is 6.11. The number of phenols is 1. The van der Waals surface area contributed by atoms with Gasteiger partial charge < -0.3 is 25.4 Å². The summed E-state index contributed by atoms with van der Waals surface area (Å²) in [6, 6.07) is 12.7. The second-order valence-electron chi connectivity index (χ2n) is 5.14.